The summed E-state index contributed by atoms with van der Waals surface area (Å²) in [6.45, 7) is 28.6. The van der Waals surface area contributed by atoms with E-state index < -0.39 is 0 Å². The van der Waals surface area contributed by atoms with Crippen LogP contribution in [0.1, 0.15) is 138 Å². The molecule has 10 rings (SSSR count). The zero-order valence-corrected chi connectivity index (χ0v) is 51.9. The summed E-state index contributed by atoms with van der Waals surface area (Å²) in [5.41, 5.74) is 16.5. The average molecular weight is 1080 g/mol. The van der Waals surface area contributed by atoms with Crippen LogP contribution in [0.25, 0.3) is 56.0 Å². The van der Waals surface area contributed by atoms with Gasteiger partial charge in [0, 0.05) is 65.1 Å². The van der Waals surface area contributed by atoms with Gasteiger partial charge in [-0.05, 0) is 103 Å². The van der Waals surface area contributed by atoms with Gasteiger partial charge in [0.25, 0.3) is 0 Å². The number of hydrogen-bond acceptors (Lipinski definition) is 5. The molecule has 0 aliphatic heterocycles. The van der Waals surface area contributed by atoms with Crippen LogP contribution in [-0.4, -0.2) is 24.9 Å². The standard InChI is InChI=1S/C17H21N.C14H15N.C13H13N.2C11H9N.5C2H6/c1-2-3-4-6-9-15-12-13-17(18-14-15)16-10-7-5-8-11-16;1-2-6-14-10-9-13(11-15-14)12-7-4-3-5-8-12;1-10-8-13(14-9-11(10)2)12-6-4-3-5-7-12;1-2-6-10(7-3-1)11-8-4-5-9-12-11;1-2-5-10(6-3-1)11-7-4-8-12-9-11;5*1-2/h5,7-8,10-14H,2-4,6,9H2,1H3;3-5,7-11H,2,6H2,1H3;3-9H,1-2H3;2*1-9H;5*1-2H3. The van der Waals surface area contributed by atoms with E-state index in [2.05, 4.69) is 174 Å². The minimum absolute atomic E-state index is 1.03. The molecular formula is C76H97N5. The Labute approximate surface area is 492 Å². The van der Waals surface area contributed by atoms with Crippen molar-refractivity contribution in [3.8, 4) is 56.0 Å². The second-order valence-electron chi connectivity index (χ2n) is 17.1. The molecule has 0 N–H and O–H groups in total. The van der Waals surface area contributed by atoms with Gasteiger partial charge < -0.3 is 0 Å². The maximum absolute atomic E-state index is 4.55. The number of aromatic nitrogens is 5. The molecule has 0 fully saturated rings. The Balaban J connectivity index is 0.000000489. The monoisotopic (exact) mass is 1080 g/mol. The molecule has 0 radical (unpaired) electrons. The van der Waals surface area contributed by atoms with Crippen molar-refractivity contribution in [2.75, 3.05) is 0 Å². The summed E-state index contributed by atoms with van der Waals surface area (Å²) in [6, 6.07) is 72.0. The number of aryl methyl sites for hydroxylation is 4. The molecule has 0 bridgehead atoms. The number of hydrogen-bond donors (Lipinski definition) is 0. The number of unbranched alkanes of at least 4 members (excludes halogenated alkanes) is 3. The maximum Gasteiger partial charge on any atom is 0.0704 e. The highest BCUT2D eigenvalue weighted by atomic mass is 14.7. The molecule has 426 valence electrons. The molecule has 5 aromatic carbocycles. The van der Waals surface area contributed by atoms with E-state index >= 15 is 0 Å². The molecule has 0 aliphatic carbocycles. The summed E-state index contributed by atoms with van der Waals surface area (Å²) in [6.07, 6.45) is 20.0. The lowest BCUT2D eigenvalue weighted by atomic mass is 10.1. The van der Waals surface area contributed by atoms with Gasteiger partial charge in [-0.1, -0.05) is 285 Å². The predicted octanol–water partition coefficient (Wildman–Crippen LogP) is 22.6. The lowest BCUT2D eigenvalue weighted by Crippen LogP contribution is -1.89. The van der Waals surface area contributed by atoms with Crippen LogP contribution in [0.3, 0.4) is 0 Å². The van der Waals surface area contributed by atoms with Gasteiger partial charge in [-0.25, -0.2) is 0 Å². The molecule has 0 unspecified atom stereocenters. The van der Waals surface area contributed by atoms with Gasteiger partial charge in [0.1, 0.15) is 0 Å². The van der Waals surface area contributed by atoms with Gasteiger partial charge in [0.2, 0.25) is 0 Å². The normalized spacial score (nSPS) is 9.21. The Bertz CT molecular complexity index is 2770. The number of benzene rings is 5. The second-order valence-corrected chi connectivity index (χ2v) is 17.1. The lowest BCUT2D eigenvalue weighted by molar-refractivity contribution is 0.666. The Morgan fingerprint density at radius 1 is 0.284 bits per heavy atom. The molecular weight excluding hydrogens is 983 g/mol. The first-order valence-electron chi connectivity index (χ1n) is 29.9. The van der Waals surface area contributed by atoms with Crippen LogP contribution < -0.4 is 0 Å². The lowest BCUT2D eigenvalue weighted by Gasteiger charge is -2.03. The Kier molecular flexibility index (Phi) is 41.8. The fourth-order valence-electron chi connectivity index (χ4n) is 7.44. The van der Waals surface area contributed by atoms with Crippen molar-refractivity contribution in [3.05, 3.63) is 272 Å². The second kappa shape index (κ2) is 47.8. The third kappa shape index (κ3) is 29.1. The third-order valence-corrected chi connectivity index (χ3v) is 11.6. The zero-order valence-electron chi connectivity index (χ0n) is 51.9. The van der Waals surface area contributed by atoms with Gasteiger partial charge in [0.15, 0.2) is 0 Å². The fraction of sp³-hybridized carbons (Fsp3) is 0.276. The number of nitrogens with zero attached hydrogens (tertiary/aromatic N) is 5. The van der Waals surface area contributed by atoms with E-state index in [4.69, 9.17) is 0 Å². The summed E-state index contributed by atoms with van der Waals surface area (Å²) < 4.78 is 0. The summed E-state index contributed by atoms with van der Waals surface area (Å²) in [5, 5.41) is 0. The first-order valence-corrected chi connectivity index (χ1v) is 29.9. The first-order chi connectivity index (χ1) is 40.0. The molecule has 0 spiro atoms. The van der Waals surface area contributed by atoms with E-state index in [1.165, 1.54) is 75.9 Å². The molecule has 5 aromatic heterocycles. The highest BCUT2D eigenvalue weighted by Gasteiger charge is 2.02. The molecule has 5 nitrogen and oxygen atoms in total. The molecule has 0 atom stereocenters. The highest BCUT2D eigenvalue weighted by molar-refractivity contribution is 5.63. The van der Waals surface area contributed by atoms with Crippen LogP contribution in [0.5, 0.6) is 0 Å². The van der Waals surface area contributed by atoms with E-state index in [0.29, 0.717) is 0 Å². The Hall–Kier alpha value is -8.15. The van der Waals surface area contributed by atoms with E-state index in [9.17, 15) is 0 Å². The molecule has 0 aliphatic rings. The van der Waals surface area contributed by atoms with Crippen molar-refractivity contribution in [1.29, 1.82) is 0 Å². The molecule has 10 aromatic rings. The number of rotatable bonds is 12. The molecule has 0 saturated carbocycles. The van der Waals surface area contributed by atoms with Crippen molar-refractivity contribution in [1.82, 2.24) is 24.9 Å². The maximum atomic E-state index is 4.55. The Morgan fingerprint density at radius 2 is 0.741 bits per heavy atom. The van der Waals surface area contributed by atoms with Crippen molar-refractivity contribution < 1.29 is 0 Å². The summed E-state index contributed by atoms with van der Waals surface area (Å²) >= 11 is 0. The van der Waals surface area contributed by atoms with Crippen LogP contribution in [0.15, 0.2) is 250 Å². The third-order valence-electron chi connectivity index (χ3n) is 11.6. The van der Waals surface area contributed by atoms with Crippen molar-refractivity contribution in [3.63, 3.8) is 0 Å². The van der Waals surface area contributed by atoms with Crippen molar-refractivity contribution in [2.45, 2.75) is 142 Å². The van der Waals surface area contributed by atoms with Crippen LogP contribution in [0.2, 0.25) is 0 Å². The Morgan fingerprint density at radius 3 is 1.15 bits per heavy atom. The summed E-state index contributed by atoms with van der Waals surface area (Å²) in [5.74, 6) is 0. The van der Waals surface area contributed by atoms with E-state index in [0.717, 1.165) is 47.5 Å². The highest BCUT2D eigenvalue weighted by Crippen LogP contribution is 2.21. The van der Waals surface area contributed by atoms with E-state index in [-0.39, 0.29) is 0 Å². The minimum Gasteiger partial charge on any atom is -0.264 e. The topological polar surface area (TPSA) is 64.5 Å². The van der Waals surface area contributed by atoms with Crippen molar-refractivity contribution >= 4 is 0 Å². The molecule has 5 heteroatoms. The first kappa shape index (κ1) is 70.9. The quantitative estimate of drug-likeness (QED) is 0.114. The fourth-order valence-corrected chi connectivity index (χ4v) is 7.44. The van der Waals surface area contributed by atoms with Gasteiger partial charge in [-0.15, -0.1) is 0 Å². The largest absolute Gasteiger partial charge is 0.264 e. The average Bonchev–Trinajstić information content (AvgIpc) is 3.57. The molecule has 5 heterocycles. The minimum atomic E-state index is 1.03. The molecule has 0 saturated heterocycles. The van der Waals surface area contributed by atoms with E-state index in [1.807, 2.05) is 191 Å². The smallest absolute Gasteiger partial charge is 0.0704 e. The van der Waals surface area contributed by atoms with Crippen LogP contribution in [-0.2, 0) is 12.8 Å². The van der Waals surface area contributed by atoms with Gasteiger partial charge in [-0.3, -0.25) is 24.9 Å². The molecule has 0 amide bonds. The van der Waals surface area contributed by atoms with E-state index in [1.54, 1.807) is 6.20 Å². The van der Waals surface area contributed by atoms with Crippen LogP contribution in [0.4, 0.5) is 0 Å². The zero-order chi connectivity index (χ0) is 59.6. The number of pyridine rings is 5. The SMILES string of the molecule is CC.CC.CC.CC.CC.CCCCCCc1ccc(-c2ccccc2)nc1.CCCc1ccc(-c2ccccc2)cn1.Cc1cnc(-c2ccccc2)cc1C.c1ccc(-c2ccccn2)cc1.c1ccc(-c2cccnc2)cc1. The summed E-state index contributed by atoms with van der Waals surface area (Å²) in [7, 11) is 0. The predicted molar refractivity (Wildman–Crippen MR) is 356 cm³/mol. The molecule has 81 heavy (non-hydrogen) atoms. The van der Waals surface area contributed by atoms with Crippen molar-refractivity contribution in [2.24, 2.45) is 0 Å². The van der Waals surface area contributed by atoms with Gasteiger partial charge >= 0.3 is 0 Å². The van der Waals surface area contributed by atoms with Gasteiger partial charge in [-0.2, -0.15) is 0 Å². The summed E-state index contributed by atoms with van der Waals surface area (Å²) in [4.78, 5) is 21.7. The van der Waals surface area contributed by atoms with Crippen LogP contribution in [0, 0.1) is 13.8 Å². The van der Waals surface area contributed by atoms with Gasteiger partial charge in [0.05, 0.1) is 17.1 Å². The van der Waals surface area contributed by atoms with Crippen LogP contribution >= 0.6 is 0 Å².